The average molecular weight is 382 g/mol. The minimum Gasteiger partial charge on any atom is -0.370 e. The predicted octanol–water partition coefficient (Wildman–Crippen LogP) is 4.54. The zero-order chi connectivity index (χ0) is 19.8. The molecule has 0 unspecified atom stereocenters. The Bertz CT molecular complexity index is 1310. The number of aromatic amines is 1. The number of anilines is 1. The Morgan fingerprint density at radius 3 is 2.86 bits per heavy atom. The van der Waals surface area contributed by atoms with Crippen molar-refractivity contribution in [3.8, 4) is 11.3 Å². The maximum absolute atomic E-state index is 4.82. The standard InChI is InChI=1S/C23H22N6/c1-15-9-18(13-24-11-15)21-10-22(29-23(28-21)16(2)12-27-29)25-8-7-17-14-26-20-6-4-3-5-19(17)20/h3-6,9-14,25-26H,7-8H2,1-2H3. The Morgan fingerprint density at radius 1 is 1.07 bits per heavy atom. The van der Waals surface area contributed by atoms with Crippen molar-refractivity contribution in [3.05, 3.63) is 77.9 Å². The van der Waals surface area contributed by atoms with E-state index in [0.29, 0.717) is 0 Å². The van der Waals surface area contributed by atoms with Crippen LogP contribution in [0.25, 0.3) is 27.8 Å². The summed E-state index contributed by atoms with van der Waals surface area (Å²) in [6.45, 7) is 4.87. The van der Waals surface area contributed by atoms with E-state index in [4.69, 9.17) is 4.98 Å². The average Bonchev–Trinajstić information content (AvgIpc) is 3.32. The Morgan fingerprint density at radius 2 is 1.97 bits per heavy atom. The second-order valence-corrected chi connectivity index (χ2v) is 7.38. The van der Waals surface area contributed by atoms with Gasteiger partial charge in [-0.3, -0.25) is 4.98 Å². The first kappa shape index (κ1) is 17.4. The molecule has 5 rings (SSSR count). The van der Waals surface area contributed by atoms with Gasteiger partial charge in [0.1, 0.15) is 5.82 Å². The molecule has 1 aromatic carbocycles. The molecular formula is C23H22N6. The SMILES string of the molecule is Cc1cncc(-c2cc(NCCc3c[nH]c4ccccc34)n3ncc(C)c3n2)c1. The van der Waals surface area contributed by atoms with Crippen LogP contribution in [0.3, 0.4) is 0 Å². The fourth-order valence-corrected chi connectivity index (χ4v) is 3.71. The van der Waals surface area contributed by atoms with Crippen LogP contribution < -0.4 is 5.32 Å². The summed E-state index contributed by atoms with van der Waals surface area (Å²) in [5, 5.41) is 9.33. The lowest BCUT2D eigenvalue weighted by Gasteiger charge is -2.11. The predicted molar refractivity (Wildman–Crippen MR) is 116 cm³/mol. The minimum atomic E-state index is 0.797. The third-order valence-corrected chi connectivity index (χ3v) is 5.19. The van der Waals surface area contributed by atoms with Crippen molar-refractivity contribution in [3.63, 3.8) is 0 Å². The fourth-order valence-electron chi connectivity index (χ4n) is 3.71. The molecule has 0 bridgehead atoms. The summed E-state index contributed by atoms with van der Waals surface area (Å²) in [4.78, 5) is 12.5. The van der Waals surface area contributed by atoms with E-state index >= 15 is 0 Å². The monoisotopic (exact) mass is 382 g/mol. The Balaban J connectivity index is 1.46. The molecule has 0 saturated carbocycles. The van der Waals surface area contributed by atoms with Gasteiger partial charge in [-0.25, -0.2) is 4.98 Å². The molecule has 6 nitrogen and oxygen atoms in total. The first-order valence-electron chi connectivity index (χ1n) is 9.75. The molecule has 0 aliphatic rings. The van der Waals surface area contributed by atoms with Crippen LogP contribution in [0.2, 0.25) is 0 Å². The molecule has 4 aromatic heterocycles. The molecule has 0 atom stereocenters. The number of nitrogens with zero attached hydrogens (tertiary/aromatic N) is 4. The van der Waals surface area contributed by atoms with E-state index in [1.165, 1.54) is 16.5 Å². The molecule has 5 aromatic rings. The van der Waals surface area contributed by atoms with Crippen molar-refractivity contribution < 1.29 is 0 Å². The number of hydrogen-bond donors (Lipinski definition) is 2. The molecule has 29 heavy (non-hydrogen) atoms. The summed E-state index contributed by atoms with van der Waals surface area (Å²) in [7, 11) is 0. The van der Waals surface area contributed by atoms with E-state index in [-0.39, 0.29) is 0 Å². The van der Waals surface area contributed by atoms with Gasteiger partial charge in [-0.15, -0.1) is 0 Å². The van der Waals surface area contributed by atoms with E-state index < -0.39 is 0 Å². The molecule has 0 aliphatic carbocycles. The number of para-hydroxylation sites is 1. The van der Waals surface area contributed by atoms with Crippen LogP contribution in [0, 0.1) is 13.8 Å². The number of nitrogens with one attached hydrogen (secondary N) is 2. The largest absolute Gasteiger partial charge is 0.370 e. The van der Waals surface area contributed by atoms with E-state index in [9.17, 15) is 0 Å². The van der Waals surface area contributed by atoms with Crippen molar-refractivity contribution in [2.75, 3.05) is 11.9 Å². The number of H-pyrrole nitrogens is 1. The van der Waals surface area contributed by atoms with Crippen molar-refractivity contribution in [1.29, 1.82) is 0 Å². The Kier molecular flexibility index (Phi) is 4.24. The molecule has 0 spiro atoms. The second kappa shape index (κ2) is 7.05. The summed E-state index contributed by atoms with van der Waals surface area (Å²) in [6.07, 6.45) is 8.57. The highest BCUT2D eigenvalue weighted by Crippen LogP contribution is 2.24. The van der Waals surface area contributed by atoms with Crippen molar-refractivity contribution in [1.82, 2.24) is 24.6 Å². The van der Waals surface area contributed by atoms with Crippen molar-refractivity contribution >= 4 is 22.4 Å². The van der Waals surface area contributed by atoms with Crippen molar-refractivity contribution in [2.24, 2.45) is 0 Å². The summed E-state index contributed by atoms with van der Waals surface area (Å²) < 4.78 is 1.87. The van der Waals surface area contributed by atoms with Gasteiger partial charge < -0.3 is 10.3 Å². The summed E-state index contributed by atoms with van der Waals surface area (Å²) in [5.74, 6) is 0.930. The van der Waals surface area contributed by atoms with Gasteiger partial charge >= 0.3 is 0 Å². The number of hydrogen-bond acceptors (Lipinski definition) is 4. The van der Waals surface area contributed by atoms with Gasteiger partial charge in [-0.1, -0.05) is 18.2 Å². The number of benzene rings is 1. The maximum Gasteiger partial charge on any atom is 0.160 e. The first-order valence-corrected chi connectivity index (χ1v) is 9.75. The summed E-state index contributed by atoms with van der Waals surface area (Å²) in [5.41, 5.74) is 7.40. The molecule has 4 heterocycles. The molecule has 144 valence electrons. The topological polar surface area (TPSA) is 70.9 Å². The van der Waals surface area contributed by atoms with Gasteiger partial charge in [0.05, 0.1) is 11.9 Å². The van der Waals surface area contributed by atoms with Crippen LogP contribution in [-0.2, 0) is 6.42 Å². The fraction of sp³-hybridized carbons (Fsp3) is 0.174. The van der Waals surface area contributed by atoms with Crippen LogP contribution in [-0.4, -0.2) is 31.1 Å². The molecule has 0 radical (unpaired) electrons. The van der Waals surface area contributed by atoms with Crippen LogP contribution in [0.4, 0.5) is 5.82 Å². The quantitative estimate of drug-likeness (QED) is 0.468. The normalized spacial score (nSPS) is 11.4. The molecule has 0 amide bonds. The Hall–Kier alpha value is -3.67. The van der Waals surface area contributed by atoms with Gasteiger partial charge in [0.2, 0.25) is 0 Å². The molecule has 0 aliphatic heterocycles. The van der Waals surface area contributed by atoms with E-state index in [1.54, 1.807) is 0 Å². The van der Waals surface area contributed by atoms with Gasteiger partial charge in [0, 0.05) is 53.2 Å². The molecule has 2 N–H and O–H groups in total. The van der Waals surface area contributed by atoms with Gasteiger partial charge in [-0.05, 0) is 43.5 Å². The smallest absolute Gasteiger partial charge is 0.160 e. The third-order valence-electron chi connectivity index (χ3n) is 5.19. The zero-order valence-electron chi connectivity index (χ0n) is 16.5. The van der Waals surface area contributed by atoms with Gasteiger partial charge in [-0.2, -0.15) is 9.61 Å². The number of aromatic nitrogens is 5. The number of aryl methyl sites for hydroxylation is 2. The lowest BCUT2D eigenvalue weighted by atomic mass is 10.1. The first-order chi connectivity index (χ1) is 14.2. The van der Waals surface area contributed by atoms with E-state index in [2.05, 4.69) is 56.9 Å². The lowest BCUT2D eigenvalue weighted by molar-refractivity contribution is 0.916. The van der Waals surface area contributed by atoms with Crippen LogP contribution >= 0.6 is 0 Å². The zero-order valence-corrected chi connectivity index (χ0v) is 16.5. The van der Waals surface area contributed by atoms with E-state index in [0.717, 1.165) is 46.8 Å². The van der Waals surface area contributed by atoms with E-state index in [1.807, 2.05) is 43.0 Å². The lowest BCUT2D eigenvalue weighted by Crippen LogP contribution is -2.10. The number of pyridine rings is 1. The van der Waals surface area contributed by atoms with Gasteiger partial charge in [0.15, 0.2) is 5.65 Å². The third kappa shape index (κ3) is 3.23. The maximum atomic E-state index is 4.82. The molecular weight excluding hydrogens is 360 g/mol. The highest BCUT2D eigenvalue weighted by Gasteiger charge is 2.11. The van der Waals surface area contributed by atoms with Crippen molar-refractivity contribution in [2.45, 2.75) is 20.3 Å². The second-order valence-electron chi connectivity index (χ2n) is 7.38. The van der Waals surface area contributed by atoms with Crippen LogP contribution in [0.1, 0.15) is 16.7 Å². The number of rotatable bonds is 5. The highest BCUT2D eigenvalue weighted by molar-refractivity contribution is 5.83. The molecule has 0 fully saturated rings. The minimum absolute atomic E-state index is 0.797. The highest BCUT2D eigenvalue weighted by atomic mass is 15.3. The Labute approximate surface area is 168 Å². The van der Waals surface area contributed by atoms with Crippen LogP contribution in [0.15, 0.2) is 61.2 Å². The van der Waals surface area contributed by atoms with Crippen LogP contribution in [0.5, 0.6) is 0 Å². The molecule has 0 saturated heterocycles. The molecule has 6 heteroatoms. The number of fused-ring (bicyclic) bond motifs is 2. The summed E-state index contributed by atoms with van der Waals surface area (Å²) >= 11 is 0. The van der Waals surface area contributed by atoms with Gasteiger partial charge in [0.25, 0.3) is 0 Å². The summed E-state index contributed by atoms with van der Waals surface area (Å²) in [6, 6.07) is 12.5.